The fourth-order valence-corrected chi connectivity index (χ4v) is 2.07. The van der Waals surface area contributed by atoms with Gasteiger partial charge in [-0.3, -0.25) is 20.4 Å². The van der Waals surface area contributed by atoms with E-state index in [0.717, 1.165) is 0 Å². The minimum Gasteiger partial charge on any atom is -0.496 e. The highest BCUT2D eigenvalue weighted by molar-refractivity contribution is 6.00. The lowest BCUT2D eigenvalue weighted by atomic mass is 10.2. The zero-order valence-electron chi connectivity index (χ0n) is 13.8. The smallest absolute Gasteiger partial charge is 0.273 e. The Morgan fingerprint density at radius 3 is 2.38 bits per heavy atom. The maximum atomic E-state index is 12.2. The van der Waals surface area contributed by atoms with Crippen LogP contribution in [-0.4, -0.2) is 25.0 Å². The molecule has 2 N–H and O–H groups in total. The van der Waals surface area contributed by atoms with Crippen molar-refractivity contribution in [3.63, 3.8) is 0 Å². The molecule has 0 saturated heterocycles. The van der Waals surface area contributed by atoms with Crippen molar-refractivity contribution in [1.29, 1.82) is 0 Å². The van der Waals surface area contributed by atoms with Crippen molar-refractivity contribution in [3.8, 4) is 11.5 Å². The van der Waals surface area contributed by atoms with Gasteiger partial charge >= 0.3 is 0 Å². The van der Waals surface area contributed by atoms with Gasteiger partial charge in [-0.2, -0.15) is 0 Å². The van der Waals surface area contributed by atoms with Crippen LogP contribution in [-0.2, 0) is 0 Å². The lowest BCUT2D eigenvalue weighted by molar-refractivity contribution is 0.0844. The number of benzene rings is 2. The molecule has 2 aromatic carbocycles. The molecule has 2 amide bonds. The largest absolute Gasteiger partial charge is 0.496 e. The fraction of sp³-hybridized carbons (Fsp3) is 0.222. The van der Waals surface area contributed by atoms with E-state index >= 15 is 0 Å². The van der Waals surface area contributed by atoms with Gasteiger partial charge < -0.3 is 9.47 Å². The molecule has 2 rings (SSSR count). The topological polar surface area (TPSA) is 76.7 Å². The van der Waals surface area contributed by atoms with Crippen LogP contribution in [0.2, 0.25) is 0 Å². The summed E-state index contributed by atoms with van der Waals surface area (Å²) in [5.74, 6) is 0.119. The van der Waals surface area contributed by atoms with Crippen LogP contribution in [0.3, 0.4) is 0 Å². The summed E-state index contributed by atoms with van der Waals surface area (Å²) in [5.41, 5.74) is 5.47. The van der Waals surface area contributed by atoms with Crippen molar-refractivity contribution in [2.45, 2.75) is 20.0 Å². The molecule has 0 bridgehead atoms. The van der Waals surface area contributed by atoms with Crippen molar-refractivity contribution in [2.24, 2.45) is 0 Å². The third kappa shape index (κ3) is 4.49. The van der Waals surface area contributed by atoms with Gasteiger partial charge in [-0.05, 0) is 44.2 Å². The molecule has 0 aliphatic carbocycles. The second-order valence-corrected chi connectivity index (χ2v) is 5.30. The Morgan fingerprint density at radius 1 is 0.958 bits per heavy atom. The molecule has 24 heavy (non-hydrogen) atoms. The first kappa shape index (κ1) is 17.3. The van der Waals surface area contributed by atoms with E-state index in [0.29, 0.717) is 22.6 Å². The van der Waals surface area contributed by atoms with Gasteiger partial charge in [0.25, 0.3) is 11.8 Å². The van der Waals surface area contributed by atoms with E-state index < -0.39 is 11.8 Å². The Kier molecular flexibility index (Phi) is 5.78. The summed E-state index contributed by atoms with van der Waals surface area (Å²) in [6.45, 7) is 3.81. The first-order chi connectivity index (χ1) is 11.5. The van der Waals surface area contributed by atoms with Crippen LogP contribution in [0.4, 0.5) is 0 Å². The van der Waals surface area contributed by atoms with Crippen LogP contribution in [0, 0.1) is 0 Å². The van der Waals surface area contributed by atoms with Gasteiger partial charge in [-0.25, -0.2) is 0 Å². The fourth-order valence-electron chi connectivity index (χ4n) is 2.07. The molecule has 126 valence electrons. The lowest BCUT2D eigenvalue weighted by Gasteiger charge is -2.12. The predicted molar refractivity (Wildman–Crippen MR) is 90.1 cm³/mol. The molecule has 0 aromatic heterocycles. The summed E-state index contributed by atoms with van der Waals surface area (Å²) in [7, 11) is 1.48. The average Bonchev–Trinajstić information content (AvgIpc) is 2.59. The van der Waals surface area contributed by atoms with Gasteiger partial charge in [-0.1, -0.05) is 18.2 Å². The molecule has 0 atom stereocenters. The van der Waals surface area contributed by atoms with Crippen molar-refractivity contribution < 1.29 is 19.1 Å². The van der Waals surface area contributed by atoms with Crippen molar-refractivity contribution in [3.05, 3.63) is 59.7 Å². The molecular weight excluding hydrogens is 308 g/mol. The zero-order chi connectivity index (χ0) is 17.5. The van der Waals surface area contributed by atoms with Gasteiger partial charge in [0.2, 0.25) is 0 Å². The van der Waals surface area contributed by atoms with Crippen LogP contribution in [0.5, 0.6) is 11.5 Å². The van der Waals surface area contributed by atoms with E-state index in [4.69, 9.17) is 9.47 Å². The summed E-state index contributed by atoms with van der Waals surface area (Å²) in [5, 5.41) is 0. The third-order valence-electron chi connectivity index (χ3n) is 3.11. The van der Waals surface area contributed by atoms with Crippen molar-refractivity contribution >= 4 is 11.8 Å². The maximum Gasteiger partial charge on any atom is 0.273 e. The molecule has 6 nitrogen and oxygen atoms in total. The number of amides is 2. The van der Waals surface area contributed by atoms with E-state index in [9.17, 15) is 9.59 Å². The second kappa shape index (κ2) is 8.01. The number of para-hydroxylation sites is 1. The Hall–Kier alpha value is -3.02. The monoisotopic (exact) mass is 328 g/mol. The minimum atomic E-state index is -0.463. The van der Waals surface area contributed by atoms with Crippen LogP contribution < -0.4 is 20.3 Å². The summed E-state index contributed by atoms with van der Waals surface area (Å²) >= 11 is 0. The number of hydrogen-bond acceptors (Lipinski definition) is 4. The Morgan fingerprint density at radius 2 is 1.67 bits per heavy atom. The summed E-state index contributed by atoms with van der Waals surface area (Å²) in [6, 6.07) is 13.5. The van der Waals surface area contributed by atoms with E-state index in [1.807, 2.05) is 13.8 Å². The van der Waals surface area contributed by atoms with E-state index in [2.05, 4.69) is 10.9 Å². The maximum absolute atomic E-state index is 12.2. The standard InChI is InChI=1S/C18H20N2O4/c1-12(2)24-14-8-6-7-13(11-14)17(21)19-20-18(22)15-9-4-5-10-16(15)23-3/h4-12H,1-3H3,(H,19,21)(H,20,22). The number of rotatable bonds is 5. The molecule has 2 aromatic rings. The summed E-state index contributed by atoms with van der Waals surface area (Å²) < 4.78 is 10.7. The molecule has 0 spiro atoms. The van der Waals surface area contributed by atoms with E-state index in [1.54, 1.807) is 48.5 Å². The van der Waals surface area contributed by atoms with Gasteiger partial charge in [-0.15, -0.1) is 0 Å². The first-order valence-electron chi connectivity index (χ1n) is 7.51. The first-order valence-corrected chi connectivity index (χ1v) is 7.51. The molecule has 0 aliphatic rings. The van der Waals surface area contributed by atoms with Gasteiger partial charge in [0.05, 0.1) is 18.8 Å². The number of ether oxygens (including phenoxy) is 2. The number of methoxy groups -OCH3 is 1. The molecule has 6 heteroatoms. The number of hydrogen-bond donors (Lipinski definition) is 2. The second-order valence-electron chi connectivity index (χ2n) is 5.30. The van der Waals surface area contributed by atoms with E-state index in [1.165, 1.54) is 7.11 Å². The lowest BCUT2D eigenvalue weighted by Crippen LogP contribution is -2.41. The highest BCUT2D eigenvalue weighted by Gasteiger charge is 2.13. The third-order valence-corrected chi connectivity index (χ3v) is 3.11. The van der Waals surface area contributed by atoms with Gasteiger partial charge in [0.1, 0.15) is 11.5 Å². The summed E-state index contributed by atoms with van der Waals surface area (Å²) in [4.78, 5) is 24.3. The van der Waals surface area contributed by atoms with Gasteiger partial charge in [0.15, 0.2) is 0 Å². The normalized spacial score (nSPS) is 10.2. The zero-order valence-corrected chi connectivity index (χ0v) is 13.8. The number of carbonyl (C=O) groups is 2. The minimum absolute atomic E-state index is 0.00793. The molecule has 0 unspecified atom stereocenters. The van der Waals surface area contributed by atoms with Crippen LogP contribution in [0.15, 0.2) is 48.5 Å². The quantitative estimate of drug-likeness (QED) is 0.827. The summed E-state index contributed by atoms with van der Waals surface area (Å²) in [6.07, 6.45) is 0.00793. The van der Waals surface area contributed by atoms with Crippen molar-refractivity contribution in [2.75, 3.05) is 7.11 Å². The van der Waals surface area contributed by atoms with Crippen LogP contribution >= 0.6 is 0 Å². The highest BCUT2D eigenvalue weighted by atomic mass is 16.5. The Labute approximate surface area is 140 Å². The number of hydrazine groups is 1. The highest BCUT2D eigenvalue weighted by Crippen LogP contribution is 2.17. The number of carbonyl (C=O) groups excluding carboxylic acids is 2. The molecular formula is C18H20N2O4. The Bertz CT molecular complexity index is 728. The Balaban J connectivity index is 2.01. The van der Waals surface area contributed by atoms with Crippen LogP contribution in [0.25, 0.3) is 0 Å². The number of nitrogens with one attached hydrogen (secondary N) is 2. The van der Waals surface area contributed by atoms with E-state index in [-0.39, 0.29) is 6.10 Å². The SMILES string of the molecule is COc1ccccc1C(=O)NNC(=O)c1cccc(OC(C)C)c1. The predicted octanol–water partition coefficient (Wildman–Crippen LogP) is 2.56. The molecule has 0 radical (unpaired) electrons. The van der Waals surface area contributed by atoms with Gasteiger partial charge in [0, 0.05) is 5.56 Å². The van der Waals surface area contributed by atoms with Crippen LogP contribution in [0.1, 0.15) is 34.6 Å². The average molecular weight is 328 g/mol. The molecule has 0 aliphatic heterocycles. The molecule has 0 saturated carbocycles. The van der Waals surface area contributed by atoms with Crippen molar-refractivity contribution in [1.82, 2.24) is 10.9 Å². The molecule has 0 heterocycles. The molecule has 0 fully saturated rings.